The number of rotatable bonds is 6. The molecule has 0 unspecified atom stereocenters. The third-order valence-corrected chi connectivity index (χ3v) is 5.34. The molecular formula is C11H12N4OS3. The molecule has 2 aromatic rings. The van der Waals surface area contributed by atoms with Gasteiger partial charge in [0.1, 0.15) is 0 Å². The van der Waals surface area contributed by atoms with E-state index in [1.165, 1.54) is 28.7 Å². The van der Waals surface area contributed by atoms with E-state index in [4.69, 9.17) is 5.84 Å². The van der Waals surface area contributed by atoms with E-state index >= 15 is 0 Å². The summed E-state index contributed by atoms with van der Waals surface area (Å²) in [6, 6.07) is 10.2. The van der Waals surface area contributed by atoms with Gasteiger partial charge in [-0.05, 0) is 5.56 Å². The highest BCUT2D eigenvalue weighted by Crippen LogP contribution is 2.30. The van der Waals surface area contributed by atoms with Crippen molar-refractivity contribution in [1.29, 1.82) is 0 Å². The second-order valence-electron chi connectivity index (χ2n) is 3.46. The van der Waals surface area contributed by atoms with Crippen LogP contribution in [-0.4, -0.2) is 21.9 Å². The SMILES string of the molecule is NNC(=O)CSc1nnc(SCc2ccccc2)s1. The van der Waals surface area contributed by atoms with E-state index in [1.807, 2.05) is 18.2 Å². The predicted molar refractivity (Wildman–Crippen MR) is 79.0 cm³/mol. The Bertz CT molecular complexity index is 532. The molecule has 3 N–H and O–H groups in total. The molecule has 0 bridgehead atoms. The van der Waals surface area contributed by atoms with Crippen molar-refractivity contribution >= 4 is 40.8 Å². The molecular weight excluding hydrogens is 300 g/mol. The smallest absolute Gasteiger partial charge is 0.244 e. The maximum absolute atomic E-state index is 11.0. The van der Waals surface area contributed by atoms with Gasteiger partial charge in [0.25, 0.3) is 0 Å². The summed E-state index contributed by atoms with van der Waals surface area (Å²) >= 11 is 4.46. The van der Waals surface area contributed by atoms with Gasteiger partial charge in [-0.3, -0.25) is 10.2 Å². The number of benzene rings is 1. The molecule has 0 saturated heterocycles. The number of carbonyl (C=O) groups is 1. The van der Waals surface area contributed by atoms with E-state index in [0.717, 1.165) is 14.4 Å². The summed E-state index contributed by atoms with van der Waals surface area (Å²) in [5.41, 5.74) is 3.33. The molecule has 2 rings (SSSR count). The first-order valence-electron chi connectivity index (χ1n) is 5.40. The Kier molecular flexibility index (Phi) is 5.64. The minimum absolute atomic E-state index is 0.223. The Hall–Kier alpha value is -1.09. The Labute approximate surface area is 123 Å². The van der Waals surface area contributed by atoms with E-state index in [0.29, 0.717) is 0 Å². The molecule has 0 aliphatic heterocycles. The quantitative estimate of drug-likeness (QED) is 0.367. The van der Waals surface area contributed by atoms with Crippen LogP contribution in [0.15, 0.2) is 39.0 Å². The number of carbonyl (C=O) groups excluding carboxylic acids is 1. The van der Waals surface area contributed by atoms with Gasteiger partial charge in [0.05, 0.1) is 5.75 Å². The van der Waals surface area contributed by atoms with Crippen molar-refractivity contribution in [3.63, 3.8) is 0 Å². The molecule has 5 nitrogen and oxygen atoms in total. The van der Waals surface area contributed by atoms with Gasteiger partial charge in [-0.2, -0.15) is 0 Å². The van der Waals surface area contributed by atoms with Gasteiger partial charge < -0.3 is 0 Å². The molecule has 1 amide bonds. The predicted octanol–water partition coefficient (Wildman–Crippen LogP) is 1.91. The number of hydrazine groups is 1. The third-order valence-electron chi connectivity index (χ3n) is 2.08. The van der Waals surface area contributed by atoms with Crippen LogP contribution in [0.2, 0.25) is 0 Å². The van der Waals surface area contributed by atoms with E-state index in [9.17, 15) is 4.79 Å². The van der Waals surface area contributed by atoms with E-state index < -0.39 is 0 Å². The van der Waals surface area contributed by atoms with Gasteiger partial charge in [-0.25, -0.2) is 5.84 Å². The minimum atomic E-state index is -0.223. The normalized spacial score (nSPS) is 10.4. The molecule has 100 valence electrons. The molecule has 1 aromatic heterocycles. The van der Waals surface area contributed by atoms with Gasteiger partial charge in [0.2, 0.25) is 5.91 Å². The summed E-state index contributed by atoms with van der Waals surface area (Å²) in [4.78, 5) is 11.0. The summed E-state index contributed by atoms with van der Waals surface area (Å²) in [5, 5.41) is 8.11. The van der Waals surface area contributed by atoms with E-state index in [1.54, 1.807) is 11.8 Å². The van der Waals surface area contributed by atoms with Gasteiger partial charge >= 0.3 is 0 Å². The highest BCUT2D eigenvalue weighted by Gasteiger charge is 2.07. The van der Waals surface area contributed by atoms with Crippen LogP contribution in [0, 0.1) is 0 Å². The zero-order chi connectivity index (χ0) is 13.5. The maximum Gasteiger partial charge on any atom is 0.244 e. The number of nitrogens with one attached hydrogen (secondary N) is 1. The van der Waals surface area contributed by atoms with Crippen molar-refractivity contribution < 1.29 is 4.79 Å². The molecule has 0 atom stereocenters. The Morgan fingerprint density at radius 3 is 2.58 bits per heavy atom. The van der Waals surface area contributed by atoms with Crippen molar-refractivity contribution in [2.75, 3.05) is 5.75 Å². The molecule has 19 heavy (non-hydrogen) atoms. The van der Waals surface area contributed by atoms with Crippen molar-refractivity contribution in [3.8, 4) is 0 Å². The van der Waals surface area contributed by atoms with Gasteiger partial charge in [0.15, 0.2) is 8.68 Å². The second kappa shape index (κ2) is 7.49. The molecule has 0 radical (unpaired) electrons. The summed E-state index contributed by atoms with van der Waals surface area (Å²) in [7, 11) is 0. The average Bonchev–Trinajstić information content (AvgIpc) is 2.91. The fourth-order valence-electron chi connectivity index (χ4n) is 1.20. The monoisotopic (exact) mass is 312 g/mol. The van der Waals surface area contributed by atoms with Gasteiger partial charge in [0, 0.05) is 5.75 Å². The molecule has 8 heteroatoms. The summed E-state index contributed by atoms with van der Waals surface area (Å²) in [6.45, 7) is 0. The molecule has 1 heterocycles. The number of aromatic nitrogens is 2. The Balaban J connectivity index is 1.82. The van der Waals surface area contributed by atoms with Crippen LogP contribution in [0.25, 0.3) is 0 Å². The number of hydrogen-bond acceptors (Lipinski definition) is 7. The van der Waals surface area contributed by atoms with Crippen molar-refractivity contribution in [2.45, 2.75) is 14.4 Å². The van der Waals surface area contributed by atoms with Crippen LogP contribution in [0.5, 0.6) is 0 Å². The number of thioether (sulfide) groups is 2. The molecule has 0 fully saturated rings. The Morgan fingerprint density at radius 2 is 1.89 bits per heavy atom. The zero-order valence-corrected chi connectivity index (χ0v) is 12.4. The number of nitrogens with zero attached hydrogens (tertiary/aromatic N) is 2. The van der Waals surface area contributed by atoms with Crippen LogP contribution in [0.3, 0.4) is 0 Å². The lowest BCUT2D eigenvalue weighted by Gasteiger charge is -1.96. The molecule has 0 aliphatic rings. The topological polar surface area (TPSA) is 80.9 Å². The van der Waals surface area contributed by atoms with Crippen molar-refractivity contribution in [3.05, 3.63) is 35.9 Å². The number of nitrogens with two attached hydrogens (primary N) is 1. The second-order valence-corrected chi connectivity index (χ2v) is 6.89. The molecule has 0 aliphatic carbocycles. The highest BCUT2D eigenvalue weighted by molar-refractivity contribution is 8.03. The van der Waals surface area contributed by atoms with Crippen LogP contribution in [0.4, 0.5) is 0 Å². The standard InChI is InChI=1S/C11H12N4OS3/c12-13-9(16)7-18-11-15-14-10(19-11)17-6-8-4-2-1-3-5-8/h1-5H,6-7,12H2,(H,13,16). The summed E-state index contributed by atoms with van der Waals surface area (Å²) in [5.74, 6) is 5.90. The van der Waals surface area contributed by atoms with Crippen LogP contribution < -0.4 is 11.3 Å². The van der Waals surface area contributed by atoms with Crippen LogP contribution in [-0.2, 0) is 10.5 Å². The lowest BCUT2D eigenvalue weighted by Crippen LogP contribution is -2.31. The molecule has 0 saturated carbocycles. The van der Waals surface area contributed by atoms with Gasteiger partial charge in [-0.1, -0.05) is 65.2 Å². The maximum atomic E-state index is 11.0. The van der Waals surface area contributed by atoms with Crippen molar-refractivity contribution in [2.24, 2.45) is 5.84 Å². The van der Waals surface area contributed by atoms with Crippen LogP contribution in [0.1, 0.15) is 5.56 Å². The first-order chi connectivity index (χ1) is 9.28. The first kappa shape index (κ1) is 14.3. The van der Waals surface area contributed by atoms with E-state index in [-0.39, 0.29) is 11.7 Å². The zero-order valence-electron chi connectivity index (χ0n) is 9.91. The fourth-order valence-corrected chi connectivity index (χ4v) is 3.99. The largest absolute Gasteiger partial charge is 0.294 e. The average molecular weight is 312 g/mol. The number of hydrogen-bond donors (Lipinski definition) is 2. The van der Waals surface area contributed by atoms with E-state index in [2.05, 4.69) is 27.8 Å². The fraction of sp³-hybridized carbons (Fsp3) is 0.182. The lowest BCUT2D eigenvalue weighted by atomic mass is 10.2. The lowest BCUT2D eigenvalue weighted by molar-refractivity contribution is -0.118. The summed E-state index contributed by atoms with van der Waals surface area (Å²) in [6.07, 6.45) is 0. The minimum Gasteiger partial charge on any atom is -0.294 e. The van der Waals surface area contributed by atoms with Crippen molar-refractivity contribution in [1.82, 2.24) is 15.6 Å². The highest BCUT2D eigenvalue weighted by atomic mass is 32.2. The molecule has 0 spiro atoms. The molecule has 1 aromatic carbocycles. The van der Waals surface area contributed by atoms with Gasteiger partial charge in [-0.15, -0.1) is 10.2 Å². The van der Waals surface area contributed by atoms with Crippen LogP contribution >= 0.6 is 34.9 Å². The number of amides is 1. The Morgan fingerprint density at radius 1 is 1.21 bits per heavy atom. The first-order valence-corrected chi connectivity index (χ1v) is 8.19. The summed E-state index contributed by atoms with van der Waals surface area (Å²) < 4.78 is 1.68. The third kappa shape index (κ3) is 4.83.